The monoisotopic (exact) mass is 488 g/mol. The van der Waals surface area contributed by atoms with Crippen LogP contribution >= 0.6 is 0 Å². The number of fused-ring (bicyclic) bond motifs is 2. The number of aromatic nitrogens is 2. The summed E-state index contributed by atoms with van der Waals surface area (Å²) in [4.78, 5) is 34.5. The molecule has 2 aliphatic heterocycles. The van der Waals surface area contributed by atoms with Gasteiger partial charge in [0.1, 0.15) is 12.1 Å². The largest absolute Gasteiger partial charge is 0.490 e. The van der Waals surface area contributed by atoms with Crippen LogP contribution in [0.2, 0.25) is 0 Å². The maximum atomic E-state index is 13.2. The minimum atomic E-state index is -5.08. The van der Waals surface area contributed by atoms with Gasteiger partial charge in [-0.05, 0) is 49.7 Å². The first-order chi connectivity index (χ1) is 16.7. The minimum absolute atomic E-state index is 0.0977. The van der Waals surface area contributed by atoms with Crippen molar-refractivity contribution in [3.05, 3.63) is 72.7 Å². The second-order valence-corrected chi connectivity index (χ2v) is 8.46. The van der Waals surface area contributed by atoms with E-state index in [-0.39, 0.29) is 11.3 Å². The Morgan fingerprint density at radius 2 is 1.74 bits per heavy atom. The van der Waals surface area contributed by atoms with E-state index in [0.717, 1.165) is 49.6 Å². The predicted molar refractivity (Wildman–Crippen MR) is 119 cm³/mol. The first kappa shape index (κ1) is 24.4. The Hall–Kier alpha value is -3.73. The van der Waals surface area contributed by atoms with Gasteiger partial charge >= 0.3 is 12.1 Å². The summed E-state index contributed by atoms with van der Waals surface area (Å²) in [5.41, 5.74) is 2.86. The summed E-state index contributed by atoms with van der Waals surface area (Å²) < 4.78 is 37.2. The van der Waals surface area contributed by atoms with Crippen LogP contribution in [0.15, 0.2) is 65.8 Å². The smallest absolute Gasteiger partial charge is 0.475 e. The zero-order chi connectivity index (χ0) is 25.1. The molecule has 1 N–H and O–H groups in total. The van der Waals surface area contributed by atoms with Crippen molar-refractivity contribution in [1.82, 2.24) is 14.9 Å². The molecule has 3 aromatic rings. The summed E-state index contributed by atoms with van der Waals surface area (Å²) in [5.74, 6) is -1.65. The number of carboxylic acid groups (broad SMARTS) is 1. The van der Waals surface area contributed by atoms with E-state index in [2.05, 4.69) is 27.0 Å². The third-order valence-electron chi connectivity index (χ3n) is 6.28. The van der Waals surface area contributed by atoms with E-state index in [1.54, 1.807) is 23.6 Å². The highest BCUT2D eigenvalue weighted by atomic mass is 19.4. The molecule has 11 heteroatoms. The molecule has 0 aliphatic carbocycles. The van der Waals surface area contributed by atoms with Crippen molar-refractivity contribution < 1.29 is 32.3 Å². The average Bonchev–Trinajstić information content (AvgIpc) is 3.34. The molecule has 2 aromatic heterocycles. The Balaban J connectivity index is 0.000000364. The van der Waals surface area contributed by atoms with Crippen LogP contribution in [-0.4, -0.2) is 51.1 Å². The number of alkyl halides is 3. The number of amides is 1. The zero-order valence-electron chi connectivity index (χ0n) is 18.6. The molecule has 1 aromatic carbocycles. The van der Waals surface area contributed by atoms with Gasteiger partial charge in [-0.1, -0.05) is 18.2 Å². The summed E-state index contributed by atoms with van der Waals surface area (Å²) in [6.07, 6.45) is 3.98. The number of hydrogen-bond donors (Lipinski definition) is 1. The summed E-state index contributed by atoms with van der Waals surface area (Å²) in [6, 6.07) is 12.2. The third-order valence-corrected chi connectivity index (χ3v) is 6.28. The first-order valence-corrected chi connectivity index (χ1v) is 10.9. The third kappa shape index (κ3) is 5.35. The maximum Gasteiger partial charge on any atom is 0.490 e. The zero-order valence-corrected chi connectivity index (χ0v) is 18.6. The minimum Gasteiger partial charge on any atom is -0.475 e. The second kappa shape index (κ2) is 9.87. The van der Waals surface area contributed by atoms with Crippen LogP contribution in [0.4, 0.5) is 24.5 Å². The van der Waals surface area contributed by atoms with Crippen LogP contribution in [0.3, 0.4) is 0 Å². The molecular formula is C24H23F3N4O4. The van der Waals surface area contributed by atoms with Gasteiger partial charge < -0.3 is 9.52 Å². The molecule has 0 bridgehead atoms. The lowest BCUT2D eigenvalue weighted by molar-refractivity contribution is -0.192. The van der Waals surface area contributed by atoms with Gasteiger partial charge in [-0.3, -0.25) is 14.6 Å². The lowest BCUT2D eigenvalue weighted by atomic mass is 9.67. The lowest BCUT2D eigenvalue weighted by Crippen LogP contribution is -2.48. The van der Waals surface area contributed by atoms with Crippen molar-refractivity contribution in [3.63, 3.8) is 0 Å². The van der Waals surface area contributed by atoms with Gasteiger partial charge in [0.2, 0.25) is 5.91 Å². The fourth-order valence-corrected chi connectivity index (χ4v) is 4.61. The van der Waals surface area contributed by atoms with Crippen LogP contribution in [0, 0.1) is 0 Å². The molecule has 2 aliphatic rings. The predicted octanol–water partition coefficient (Wildman–Crippen LogP) is 4.31. The Bertz CT molecular complexity index is 1160. The van der Waals surface area contributed by atoms with E-state index in [9.17, 15) is 18.0 Å². The topological polar surface area (TPSA) is 99.8 Å². The standard InChI is InChI=1S/C22H22N4O2.C2HF3O2/c27-21-12-22(7-9-25(10-8-22)15-18-4-3-11-28-18)19-5-1-2-6-20(19)26(21)17-13-23-16-24-14-17;3-2(4,5)1(6)7/h1-6,11,13-14,16H,7-10,12,15H2;(H,6,7). The Morgan fingerprint density at radius 3 is 2.34 bits per heavy atom. The molecule has 184 valence electrons. The van der Waals surface area contributed by atoms with Crippen molar-refractivity contribution in [2.75, 3.05) is 18.0 Å². The first-order valence-electron chi connectivity index (χ1n) is 10.9. The molecule has 0 atom stereocenters. The molecule has 0 unspecified atom stereocenters. The van der Waals surface area contributed by atoms with E-state index in [1.165, 1.54) is 11.9 Å². The molecule has 35 heavy (non-hydrogen) atoms. The van der Waals surface area contributed by atoms with Gasteiger partial charge in [-0.15, -0.1) is 0 Å². The quantitative estimate of drug-likeness (QED) is 0.587. The van der Waals surface area contributed by atoms with Gasteiger partial charge in [0, 0.05) is 11.8 Å². The number of piperidine rings is 1. The lowest BCUT2D eigenvalue weighted by Gasteiger charge is -2.47. The Morgan fingerprint density at radius 1 is 1.09 bits per heavy atom. The molecule has 8 nitrogen and oxygen atoms in total. The van der Waals surface area contributed by atoms with Crippen molar-refractivity contribution in [3.8, 4) is 0 Å². The number of hydrogen-bond acceptors (Lipinski definition) is 6. The van der Waals surface area contributed by atoms with Crippen molar-refractivity contribution >= 4 is 23.3 Å². The fraction of sp³-hybridized carbons (Fsp3) is 0.333. The Labute approximate surface area is 199 Å². The number of carboxylic acids is 1. The number of aliphatic carboxylic acids is 1. The highest BCUT2D eigenvalue weighted by Crippen LogP contribution is 2.48. The molecular weight excluding hydrogens is 465 g/mol. The molecule has 1 amide bonds. The molecule has 1 fully saturated rings. The van der Waals surface area contributed by atoms with E-state index in [4.69, 9.17) is 14.3 Å². The number of para-hydroxylation sites is 1. The highest BCUT2D eigenvalue weighted by molar-refractivity contribution is 6.04. The van der Waals surface area contributed by atoms with Crippen LogP contribution in [0.1, 0.15) is 30.6 Å². The number of furan rings is 1. The average molecular weight is 488 g/mol. The number of halogens is 3. The second-order valence-electron chi connectivity index (χ2n) is 8.46. The summed E-state index contributed by atoms with van der Waals surface area (Å²) in [5, 5.41) is 7.12. The van der Waals surface area contributed by atoms with Crippen molar-refractivity contribution in [2.24, 2.45) is 0 Å². The molecule has 0 radical (unpaired) electrons. The van der Waals surface area contributed by atoms with Gasteiger partial charge in [0.15, 0.2) is 0 Å². The molecule has 1 saturated heterocycles. The number of anilines is 2. The normalized spacial score (nSPS) is 17.5. The fourth-order valence-electron chi connectivity index (χ4n) is 4.61. The molecule has 1 spiro atoms. The van der Waals surface area contributed by atoms with Crippen LogP contribution < -0.4 is 4.90 Å². The Kier molecular flexibility index (Phi) is 6.88. The van der Waals surface area contributed by atoms with Crippen LogP contribution in [0.25, 0.3) is 0 Å². The SMILES string of the molecule is O=C(O)C(F)(F)F.O=C1CC2(CCN(Cc3ccco3)CC2)c2ccccc2N1c1cncnc1. The summed E-state index contributed by atoms with van der Waals surface area (Å²) in [6.45, 7) is 2.74. The summed E-state index contributed by atoms with van der Waals surface area (Å²) in [7, 11) is 0. The summed E-state index contributed by atoms with van der Waals surface area (Å²) >= 11 is 0. The number of benzene rings is 1. The molecule has 4 heterocycles. The number of nitrogens with zero attached hydrogens (tertiary/aromatic N) is 4. The van der Waals surface area contributed by atoms with Gasteiger partial charge in [0.05, 0.1) is 36.6 Å². The highest BCUT2D eigenvalue weighted by Gasteiger charge is 2.45. The molecule has 5 rings (SSSR count). The number of likely N-dealkylation sites (tertiary alicyclic amines) is 1. The van der Waals surface area contributed by atoms with E-state index in [0.29, 0.717) is 6.42 Å². The number of rotatable bonds is 3. The van der Waals surface area contributed by atoms with Crippen LogP contribution in [-0.2, 0) is 21.5 Å². The van der Waals surface area contributed by atoms with Gasteiger partial charge in [-0.25, -0.2) is 14.8 Å². The van der Waals surface area contributed by atoms with E-state index >= 15 is 0 Å². The molecule has 0 saturated carbocycles. The van der Waals surface area contributed by atoms with E-state index in [1.807, 2.05) is 24.3 Å². The van der Waals surface area contributed by atoms with Crippen molar-refractivity contribution in [2.45, 2.75) is 37.4 Å². The number of carbonyl (C=O) groups is 2. The van der Waals surface area contributed by atoms with Gasteiger partial charge in [-0.2, -0.15) is 13.2 Å². The number of carbonyl (C=O) groups excluding carboxylic acids is 1. The van der Waals surface area contributed by atoms with Crippen molar-refractivity contribution in [1.29, 1.82) is 0 Å². The van der Waals surface area contributed by atoms with Crippen LogP contribution in [0.5, 0.6) is 0 Å². The van der Waals surface area contributed by atoms with Gasteiger partial charge in [0.25, 0.3) is 0 Å². The van der Waals surface area contributed by atoms with E-state index < -0.39 is 12.1 Å². The maximum absolute atomic E-state index is 13.2.